The number of aliphatic hydroxyl groups is 1. The Bertz CT molecular complexity index is 2820. The summed E-state index contributed by atoms with van der Waals surface area (Å²) in [6, 6.07) is 0.612. The van der Waals surface area contributed by atoms with E-state index >= 15 is 0 Å². The van der Waals surface area contributed by atoms with Crippen molar-refractivity contribution in [2.75, 3.05) is 85.0 Å². The Morgan fingerprint density at radius 2 is 0.976 bits per heavy atom. The Labute approximate surface area is 538 Å². The molecule has 478 valence electrons. The summed E-state index contributed by atoms with van der Waals surface area (Å²) in [4.78, 5) is 46.1. The lowest BCUT2D eigenvalue weighted by molar-refractivity contribution is 0.0211. The van der Waals surface area contributed by atoms with Gasteiger partial charge in [0.05, 0.1) is 68.2 Å². The van der Waals surface area contributed by atoms with E-state index < -0.39 is 36.8 Å². The standard InChI is InChI=1S/C16H24BrN3O4S.C16H24BrN3O2S.C12H17BrN2O2.C6H12O3S2.C5H10OS.CH4/c1-16(2,3)24-15(21)19-7-4-13-12(10-19)14(17)18-20(13)11-5-8-25(22,23)9-6-11;1-16(2,3)22-15(21)19-7-4-13-12(10-19)14(17)18-20(13)11-5-8-23-9-6-11;1-12(2,3)17-11(16)15-5-4-8-6-14-10(13)9(8)7-15;1-11(7,8)9-6-2-4-10-5-3-6;6-5-1-3-7-4-2-5;/h11H,4-10H2,1-3H3;11H,4-10H2,1-3H3;4-7H2,1-3H3;6H,2-5H2,1H3;5-6H,1-4H2;1H4. The zero-order valence-electron chi connectivity index (χ0n) is 49.9. The summed E-state index contributed by atoms with van der Waals surface area (Å²) in [5.41, 5.74) is 5.59. The molecule has 0 bridgehead atoms. The summed E-state index contributed by atoms with van der Waals surface area (Å²) in [6.45, 7) is 21.3. The minimum Gasteiger partial charge on any atom is -0.444 e. The van der Waals surface area contributed by atoms with E-state index in [0.29, 0.717) is 58.0 Å². The molecule has 84 heavy (non-hydrogen) atoms. The number of nitrogens with zero attached hydrogens (tertiary/aromatic N) is 8. The van der Waals surface area contributed by atoms with Crippen molar-refractivity contribution in [1.29, 1.82) is 0 Å². The normalized spacial score (nSPS) is 20.7. The van der Waals surface area contributed by atoms with Crippen molar-refractivity contribution in [2.24, 2.45) is 4.99 Å². The van der Waals surface area contributed by atoms with Crippen LogP contribution in [0.1, 0.15) is 162 Å². The van der Waals surface area contributed by atoms with E-state index in [4.69, 9.17) is 28.6 Å². The lowest BCUT2D eigenvalue weighted by Crippen LogP contribution is -2.41. The SMILES string of the molecule is C.CC(C)(C)OC(=O)N1CCC2=C(C1)C(Br)=NC2.CC(C)(C)OC(=O)N1CCc2c(c(Br)nn2C2CCS(=O)(=O)CC2)C1.CC(C)(C)OC(=O)N1CCc2c(c(Br)nn2C2CCSCC2)C1.CS(=O)(=O)OC1CCSCC1.OC1CCSCC1. The van der Waals surface area contributed by atoms with Crippen LogP contribution in [0.4, 0.5) is 14.4 Å². The predicted molar refractivity (Wildman–Crippen MR) is 349 cm³/mol. The van der Waals surface area contributed by atoms with Crippen LogP contribution in [0, 0.1) is 0 Å². The first kappa shape index (κ1) is 72.7. The van der Waals surface area contributed by atoms with Crippen molar-refractivity contribution >= 4 is 126 Å². The lowest BCUT2D eigenvalue weighted by atomic mass is 10.0. The molecule has 8 aliphatic rings. The zero-order valence-corrected chi connectivity index (χ0v) is 58.7. The van der Waals surface area contributed by atoms with Crippen molar-refractivity contribution in [3.63, 3.8) is 0 Å². The Morgan fingerprint density at radius 3 is 1.37 bits per heavy atom. The third-order valence-electron chi connectivity index (χ3n) is 14.2. The molecule has 2 aromatic heterocycles. The van der Waals surface area contributed by atoms with Crippen LogP contribution in [0.3, 0.4) is 0 Å². The van der Waals surface area contributed by atoms with Crippen LogP contribution in [-0.2, 0) is 64.3 Å². The Hall–Kier alpha value is -2.05. The van der Waals surface area contributed by atoms with Crippen LogP contribution in [-0.4, -0.2) is 193 Å². The molecule has 8 aliphatic heterocycles. The van der Waals surface area contributed by atoms with Gasteiger partial charge < -0.3 is 34.0 Å². The van der Waals surface area contributed by atoms with Crippen molar-refractivity contribution in [3.8, 4) is 0 Å². The van der Waals surface area contributed by atoms with Gasteiger partial charge in [-0.2, -0.15) is 53.9 Å². The van der Waals surface area contributed by atoms with Crippen molar-refractivity contribution < 1.29 is 54.7 Å². The van der Waals surface area contributed by atoms with E-state index in [9.17, 15) is 31.2 Å². The van der Waals surface area contributed by atoms with Crippen molar-refractivity contribution in [2.45, 2.75) is 195 Å². The van der Waals surface area contributed by atoms with Gasteiger partial charge in [-0.15, -0.1) is 0 Å². The number of carbonyl (C=O) groups excluding carboxylic acids is 3. The Kier molecular flexibility index (Phi) is 27.8. The number of rotatable bonds is 4. The fraction of sp³-hybridized carbons (Fsp3) is 0.786. The highest BCUT2D eigenvalue weighted by molar-refractivity contribution is 9.18. The number of carbonyl (C=O) groups is 3. The molecule has 4 fully saturated rings. The molecule has 4 saturated heterocycles. The third kappa shape index (κ3) is 23.4. The number of hydrogen-bond donors (Lipinski definition) is 1. The molecule has 0 aromatic carbocycles. The number of sulfone groups is 1. The van der Waals surface area contributed by atoms with Crippen LogP contribution >= 0.6 is 83.1 Å². The van der Waals surface area contributed by atoms with Gasteiger partial charge in [-0.05, 0) is 208 Å². The number of ether oxygens (including phenoxy) is 3. The van der Waals surface area contributed by atoms with Gasteiger partial charge in [-0.1, -0.05) is 7.43 Å². The highest BCUT2D eigenvalue weighted by Crippen LogP contribution is 2.36. The number of hydrogen-bond acceptors (Lipinski definition) is 18. The third-order valence-corrected chi connectivity index (χ3v) is 21.7. The summed E-state index contributed by atoms with van der Waals surface area (Å²) in [5.74, 6) is 7.19. The molecule has 0 spiro atoms. The van der Waals surface area contributed by atoms with Gasteiger partial charge >= 0.3 is 18.3 Å². The molecule has 10 heterocycles. The van der Waals surface area contributed by atoms with Crippen LogP contribution in [0.25, 0.3) is 0 Å². The highest BCUT2D eigenvalue weighted by atomic mass is 79.9. The average Bonchev–Trinajstić information content (AvgIpc) is 2.94. The molecule has 20 nitrogen and oxygen atoms in total. The van der Waals surface area contributed by atoms with Gasteiger partial charge in [0.15, 0.2) is 0 Å². The topological polar surface area (TPSA) is 234 Å². The molecule has 2 aromatic rings. The number of amides is 3. The molecule has 0 saturated carbocycles. The van der Waals surface area contributed by atoms with Crippen molar-refractivity contribution in [1.82, 2.24) is 34.3 Å². The van der Waals surface area contributed by atoms with Gasteiger partial charge in [0.1, 0.15) is 40.5 Å². The van der Waals surface area contributed by atoms with Gasteiger partial charge in [0.2, 0.25) is 0 Å². The van der Waals surface area contributed by atoms with Crippen LogP contribution in [0.5, 0.6) is 0 Å². The number of aliphatic imine (C=N–C) groups is 1. The Morgan fingerprint density at radius 1 is 0.595 bits per heavy atom. The Balaban J connectivity index is 0.000000202. The second kappa shape index (κ2) is 32.1. The number of fused-ring (bicyclic) bond motifs is 2. The van der Waals surface area contributed by atoms with E-state index in [1.807, 2.05) is 102 Å². The van der Waals surface area contributed by atoms with Crippen LogP contribution in [0.2, 0.25) is 0 Å². The van der Waals surface area contributed by atoms with E-state index in [1.165, 1.54) is 35.6 Å². The molecule has 28 heteroatoms. The molecular formula is C56H91Br3N8O12S5. The summed E-state index contributed by atoms with van der Waals surface area (Å²) in [6.07, 6.45) is 9.97. The van der Waals surface area contributed by atoms with Crippen molar-refractivity contribution in [3.05, 3.63) is 42.9 Å². The summed E-state index contributed by atoms with van der Waals surface area (Å²) in [5, 5.41) is 18.2. The molecule has 3 amide bonds. The monoisotopic (exact) mass is 1460 g/mol. The van der Waals surface area contributed by atoms with Gasteiger partial charge in [-0.3, -0.25) is 18.5 Å². The maximum absolute atomic E-state index is 12.3. The van der Waals surface area contributed by atoms with E-state index in [0.717, 1.165) is 117 Å². The maximum atomic E-state index is 12.3. The van der Waals surface area contributed by atoms with E-state index in [2.05, 4.69) is 62.6 Å². The maximum Gasteiger partial charge on any atom is 0.410 e. The second-order valence-electron chi connectivity index (χ2n) is 24.6. The highest BCUT2D eigenvalue weighted by Gasteiger charge is 2.36. The second-order valence-corrected chi connectivity index (χ2v) is 34.5. The first-order valence-corrected chi connectivity index (χ1v) is 38.1. The fourth-order valence-corrected chi connectivity index (χ4v) is 17.0. The van der Waals surface area contributed by atoms with Crippen LogP contribution < -0.4 is 0 Å². The zero-order chi connectivity index (χ0) is 61.1. The smallest absolute Gasteiger partial charge is 0.410 e. The summed E-state index contributed by atoms with van der Waals surface area (Å²) >= 11 is 16.3. The van der Waals surface area contributed by atoms with Gasteiger partial charge in [0, 0.05) is 60.6 Å². The van der Waals surface area contributed by atoms with E-state index in [-0.39, 0.29) is 55.5 Å². The number of aliphatic hydroxyl groups excluding tert-OH is 1. The molecule has 10 rings (SSSR count). The minimum atomic E-state index is -3.23. The fourth-order valence-electron chi connectivity index (χ4n) is 10.1. The minimum absolute atomic E-state index is 0. The summed E-state index contributed by atoms with van der Waals surface area (Å²) < 4.78 is 72.5. The first-order chi connectivity index (χ1) is 38.7. The number of thioether (sulfide) groups is 3. The predicted octanol–water partition coefficient (Wildman–Crippen LogP) is 11.8. The van der Waals surface area contributed by atoms with Gasteiger partial charge in [-0.25, -0.2) is 22.8 Å². The molecule has 1 N–H and O–H groups in total. The molecule has 0 atom stereocenters. The molecule has 0 unspecified atom stereocenters. The lowest BCUT2D eigenvalue weighted by Gasteiger charge is -2.31. The number of aromatic nitrogens is 4. The quantitative estimate of drug-likeness (QED) is 0.221. The van der Waals surface area contributed by atoms with Crippen LogP contribution in [0.15, 0.2) is 25.3 Å². The largest absolute Gasteiger partial charge is 0.444 e. The van der Waals surface area contributed by atoms with Gasteiger partial charge in [0.25, 0.3) is 10.1 Å². The molecule has 0 radical (unpaired) electrons. The molecular weight excluding hydrogens is 1380 g/mol. The summed E-state index contributed by atoms with van der Waals surface area (Å²) in [7, 11) is -6.13. The first-order valence-electron chi connectivity index (χ1n) is 28.6. The number of halogens is 3. The van der Waals surface area contributed by atoms with E-state index in [1.54, 1.807) is 14.7 Å². The molecule has 0 aliphatic carbocycles. The average molecular weight is 1470 g/mol.